The van der Waals surface area contributed by atoms with Crippen molar-refractivity contribution in [3.8, 4) is 0 Å². The Hall–Kier alpha value is -2.00. The first-order chi connectivity index (χ1) is 10.6. The molecule has 22 heavy (non-hydrogen) atoms. The van der Waals surface area contributed by atoms with Gasteiger partial charge in [0.1, 0.15) is 0 Å². The molecule has 0 aliphatic carbocycles. The molecule has 0 atom stereocenters. The quantitative estimate of drug-likeness (QED) is 0.784. The molecule has 0 spiro atoms. The van der Waals surface area contributed by atoms with E-state index < -0.39 is 0 Å². The Labute approximate surface area is 136 Å². The summed E-state index contributed by atoms with van der Waals surface area (Å²) < 4.78 is 0. The minimum absolute atomic E-state index is 0.0480. The molecule has 0 radical (unpaired) electrons. The van der Waals surface area contributed by atoms with E-state index in [1.54, 1.807) is 11.8 Å². The van der Waals surface area contributed by atoms with Crippen molar-refractivity contribution in [3.63, 3.8) is 0 Å². The van der Waals surface area contributed by atoms with Crippen LogP contribution in [0.4, 0.5) is 5.69 Å². The molecule has 0 bridgehead atoms. The average molecular weight is 311 g/mol. The number of nitrogens with one attached hydrogen (secondary N) is 1. The largest absolute Gasteiger partial charge is 0.325 e. The lowest BCUT2D eigenvalue weighted by Crippen LogP contribution is -2.15. The molecule has 0 unspecified atom stereocenters. The zero-order chi connectivity index (χ0) is 15.8. The van der Waals surface area contributed by atoms with Crippen molar-refractivity contribution < 1.29 is 4.79 Å². The number of benzene rings is 2. The Morgan fingerprint density at radius 1 is 1.14 bits per heavy atom. The maximum Gasteiger partial charge on any atom is 0.234 e. The molecule has 0 fully saturated rings. The second-order valence-electron chi connectivity index (χ2n) is 5.19. The monoisotopic (exact) mass is 311 g/mol. The van der Waals surface area contributed by atoms with E-state index in [2.05, 4.69) is 29.6 Å². The fraction of sp³-hybridized carbons (Fsp3) is 0.211. The average Bonchev–Trinajstić information content (AvgIpc) is 2.51. The summed E-state index contributed by atoms with van der Waals surface area (Å²) in [6.45, 7) is 4.03. The van der Waals surface area contributed by atoms with Gasteiger partial charge in [-0.15, -0.1) is 11.8 Å². The maximum absolute atomic E-state index is 12.0. The molecule has 1 amide bonds. The van der Waals surface area contributed by atoms with E-state index >= 15 is 0 Å². The number of rotatable bonds is 6. The molecule has 2 aromatic carbocycles. The predicted octanol–water partition coefficient (Wildman–Crippen LogP) is 4.69. The maximum atomic E-state index is 12.0. The molecular formula is C19H21NOS. The molecule has 2 nitrogen and oxygen atoms in total. The van der Waals surface area contributed by atoms with Gasteiger partial charge in [0, 0.05) is 11.4 Å². The van der Waals surface area contributed by atoms with Gasteiger partial charge in [-0.3, -0.25) is 4.79 Å². The third-order valence-electron chi connectivity index (χ3n) is 3.22. The lowest BCUT2D eigenvalue weighted by atomic mass is 10.1. The van der Waals surface area contributed by atoms with E-state index in [9.17, 15) is 4.79 Å². The molecule has 0 aliphatic heterocycles. The minimum atomic E-state index is 0.0480. The Balaban J connectivity index is 1.74. The van der Waals surface area contributed by atoms with E-state index in [0.29, 0.717) is 5.75 Å². The molecule has 0 saturated carbocycles. The van der Waals surface area contributed by atoms with Crippen LogP contribution in [0.15, 0.2) is 54.6 Å². The van der Waals surface area contributed by atoms with Crippen molar-refractivity contribution in [2.75, 3.05) is 16.8 Å². The highest BCUT2D eigenvalue weighted by Crippen LogP contribution is 2.16. The Morgan fingerprint density at radius 2 is 1.91 bits per heavy atom. The minimum Gasteiger partial charge on any atom is -0.325 e. The van der Waals surface area contributed by atoms with Gasteiger partial charge < -0.3 is 5.32 Å². The topological polar surface area (TPSA) is 29.1 Å². The number of amides is 1. The lowest BCUT2D eigenvalue weighted by Gasteiger charge is -2.08. The molecule has 0 heterocycles. The van der Waals surface area contributed by atoms with Crippen LogP contribution in [0.1, 0.15) is 16.7 Å². The first-order valence-corrected chi connectivity index (χ1v) is 8.47. The molecule has 0 aliphatic rings. The summed E-state index contributed by atoms with van der Waals surface area (Å²) in [7, 11) is 0. The summed E-state index contributed by atoms with van der Waals surface area (Å²) in [6, 6.07) is 16.3. The highest BCUT2D eigenvalue weighted by molar-refractivity contribution is 8.00. The molecule has 2 rings (SSSR count). The number of carbonyl (C=O) groups excluding carboxylic acids is 1. The van der Waals surface area contributed by atoms with Crippen LogP contribution in [0, 0.1) is 13.8 Å². The number of thioether (sulfide) groups is 1. The van der Waals surface area contributed by atoms with Gasteiger partial charge in [-0.25, -0.2) is 0 Å². The highest BCUT2D eigenvalue weighted by atomic mass is 32.2. The number of hydrogen-bond acceptors (Lipinski definition) is 2. The first kappa shape index (κ1) is 16.4. The molecule has 0 aromatic heterocycles. The van der Waals surface area contributed by atoms with Gasteiger partial charge in [0.15, 0.2) is 0 Å². The molecule has 2 aromatic rings. The standard InChI is InChI=1S/C19H21NOS/c1-15-10-11-16(2)18(13-15)20-19(21)14-22-12-6-9-17-7-4-3-5-8-17/h3-11,13H,12,14H2,1-2H3,(H,20,21)/b9-6+. The van der Waals surface area contributed by atoms with E-state index in [1.165, 1.54) is 5.56 Å². The fourth-order valence-corrected chi connectivity index (χ4v) is 2.63. The fourth-order valence-electron chi connectivity index (χ4n) is 2.02. The van der Waals surface area contributed by atoms with Gasteiger partial charge in [0.25, 0.3) is 0 Å². The van der Waals surface area contributed by atoms with Crippen LogP contribution in [0.2, 0.25) is 0 Å². The van der Waals surface area contributed by atoms with E-state index in [-0.39, 0.29) is 5.91 Å². The van der Waals surface area contributed by atoms with Gasteiger partial charge in [-0.05, 0) is 36.6 Å². The van der Waals surface area contributed by atoms with Crippen molar-refractivity contribution in [2.24, 2.45) is 0 Å². The lowest BCUT2D eigenvalue weighted by molar-refractivity contribution is -0.113. The van der Waals surface area contributed by atoms with Gasteiger partial charge in [0.2, 0.25) is 5.91 Å². The van der Waals surface area contributed by atoms with Gasteiger partial charge >= 0.3 is 0 Å². The zero-order valence-electron chi connectivity index (χ0n) is 13.0. The van der Waals surface area contributed by atoms with Crippen molar-refractivity contribution in [1.29, 1.82) is 0 Å². The van der Waals surface area contributed by atoms with Crippen molar-refractivity contribution in [3.05, 3.63) is 71.3 Å². The summed E-state index contributed by atoms with van der Waals surface area (Å²) in [4.78, 5) is 12.0. The summed E-state index contributed by atoms with van der Waals surface area (Å²) in [5.74, 6) is 1.34. The second-order valence-corrected chi connectivity index (χ2v) is 6.22. The first-order valence-electron chi connectivity index (χ1n) is 7.31. The van der Waals surface area contributed by atoms with Gasteiger partial charge in [-0.1, -0.05) is 54.6 Å². The SMILES string of the molecule is Cc1ccc(C)c(NC(=O)CSC/C=C/c2ccccc2)c1. The van der Waals surface area contributed by atoms with Gasteiger partial charge in [0.05, 0.1) is 5.75 Å². The Kier molecular flexibility index (Phi) is 6.28. The predicted molar refractivity (Wildman–Crippen MR) is 97.3 cm³/mol. The van der Waals surface area contributed by atoms with Crippen LogP contribution in [0.25, 0.3) is 6.08 Å². The van der Waals surface area contributed by atoms with Crippen molar-refractivity contribution in [2.45, 2.75) is 13.8 Å². The number of aryl methyl sites for hydroxylation is 2. The molecule has 3 heteroatoms. The number of anilines is 1. The third kappa shape index (κ3) is 5.41. The third-order valence-corrected chi connectivity index (χ3v) is 4.12. The summed E-state index contributed by atoms with van der Waals surface area (Å²) in [5.41, 5.74) is 4.33. The van der Waals surface area contributed by atoms with Crippen LogP contribution in [-0.4, -0.2) is 17.4 Å². The summed E-state index contributed by atoms with van der Waals surface area (Å²) in [6.07, 6.45) is 4.17. The number of carbonyl (C=O) groups is 1. The summed E-state index contributed by atoms with van der Waals surface area (Å²) in [5, 5.41) is 2.98. The van der Waals surface area contributed by atoms with Gasteiger partial charge in [-0.2, -0.15) is 0 Å². The Morgan fingerprint density at radius 3 is 2.68 bits per heavy atom. The molecule has 114 valence electrons. The van der Waals surface area contributed by atoms with Crippen LogP contribution in [-0.2, 0) is 4.79 Å². The normalized spacial score (nSPS) is 10.8. The van der Waals surface area contributed by atoms with Crippen LogP contribution < -0.4 is 5.32 Å². The highest BCUT2D eigenvalue weighted by Gasteiger charge is 2.04. The van der Waals surface area contributed by atoms with Crippen LogP contribution in [0.5, 0.6) is 0 Å². The van der Waals surface area contributed by atoms with Crippen LogP contribution in [0.3, 0.4) is 0 Å². The molecule has 1 N–H and O–H groups in total. The van der Waals surface area contributed by atoms with Crippen LogP contribution >= 0.6 is 11.8 Å². The second kappa shape index (κ2) is 8.44. The van der Waals surface area contributed by atoms with E-state index in [0.717, 1.165) is 22.6 Å². The molecular weight excluding hydrogens is 290 g/mol. The smallest absolute Gasteiger partial charge is 0.234 e. The van der Waals surface area contributed by atoms with Crippen molar-refractivity contribution in [1.82, 2.24) is 0 Å². The van der Waals surface area contributed by atoms with E-state index in [4.69, 9.17) is 0 Å². The van der Waals surface area contributed by atoms with Crippen molar-refractivity contribution >= 4 is 29.4 Å². The summed E-state index contributed by atoms with van der Waals surface area (Å²) >= 11 is 1.61. The van der Waals surface area contributed by atoms with E-state index in [1.807, 2.05) is 50.2 Å². The Bertz CT molecular complexity index is 650. The number of hydrogen-bond donors (Lipinski definition) is 1. The zero-order valence-corrected chi connectivity index (χ0v) is 13.8. The molecule has 0 saturated heterocycles.